The van der Waals surface area contributed by atoms with Crippen molar-refractivity contribution in [3.05, 3.63) is 49.9 Å². The van der Waals surface area contributed by atoms with Crippen LogP contribution < -0.4 is 5.56 Å². The second kappa shape index (κ2) is 4.96. The lowest BCUT2D eigenvalue weighted by Crippen LogP contribution is -2.24. The van der Waals surface area contributed by atoms with Crippen LogP contribution in [0, 0.1) is 0 Å². The average Bonchev–Trinajstić information content (AvgIpc) is 2.37. The van der Waals surface area contributed by atoms with Crippen LogP contribution in [0.5, 0.6) is 0 Å². The van der Waals surface area contributed by atoms with Crippen molar-refractivity contribution in [2.24, 2.45) is 0 Å². The van der Waals surface area contributed by atoms with E-state index < -0.39 is 0 Å². The Morgan fingerprint density at radius 3 is 2.68 bits per heavy atom. The van der Waals surface area contributed by atoms with Crippen molar-refractivity contribution in [1.29, 1.82) is 0 Å². The predicted molar refractivity (Wildman–Crippen MR) is 73.7 cm³/mol. The van der Waals surface area contributed by atoms with Crippen LogP contribution in [0.3, 0.4) is 0 Å². The Morgan fingerprint density at radius 1 is 1.21 bits per heavy atom. The van der Waals surface area contributed by atoms with E-state index in [4.69, 9.17) is 27.9 Å². The highest BCUT2D eigenvalue weighted by molar-refractivity contribution is 6.35. The Hall–Kier alpha value is -1.36. The van der Waals surface area contributed by atoms with Gasteiger partial charge in [0.2, 0.25) is 0 Å². The first-order chi connectivity index (χ1) is 9.13. The van der Waals surface area contributed by atoms with Gasteiger partial charge in [-0.15, -0.1) is 0 Å². The largest absolute Gasteiger partial charge is 0.376 e. The summed E-state index contributed by atoms with van der Waals surface area (Å²) in [5.41, 5.74) is 1.91. The summed E-state index contributed by atoms with van der Waals surface area (Å²) in [5, 5.41) is 1.01. The fourth-order valence-corrected chi connectivity index (χ4v) is 2.60. The molecule has 6 heteroatoms. The van der Waals surface area contributed by atoms with Crippen LogP contribution in [0.4, 0.5) is 0 Å². The summed E-state index contributed by atoms with van der Waals surface area (Å²) in [6.45, 7) is 0.896. The van der Waals surface area contributed by atoms with Gasteiger partial charge < -0.3 is 9.72 Å². The minimum Gasteiger partial charge on any atom is -0.376 e. The molecule has 0 saturated heterocycles. The number of rotatable bonds is 1. The molecule has 3 rings (SSSR count). The van der Waals surface area contributed by atoms with Crippen LogP contribution in [-0.4, -0.2) is 16.6 Å². The van der Waals surface area contributed by atoms with Crippen LogP contribution in [-0.2, 0) is 17.8 Å². The molecule has 0 unspecified atom stereocenters. The van der Waals surface area contributed by atoms with Gasteiger partial charge in [-0.1, -0.05) is 23.2 Å². The number of benzene rings is 1. The number of aromatic amines is 1. The minimum absolute atomic E-state index is 0.171. The van der Waals surface area contributed by atoms with Crippen molar-refractivity contribution in [2.75, 3.05) is 6.61 Å². The number of halogens is 2. The molecule has 0 fully saturated rings. The number of aromatic nitrogens is 2. The molecule has 1 aliphatic rings. The van der Waals surface area contributed by atoms with E-state index in [9.17, 15) is 4.79 Å². The summed E-state index contributed by atoms with van der Waals surface area (Å²) in [4.78, 5) is 19.2. The molecule has 0 atom stereocenters. The highest BCUT2D eigenvalue weighted by atomic mass is 35.5. The molecule has 1 aromatic carbocycles. The fourth-order valence-electron chi connectivity index (χ4n) is 2.07. The number of fused-ring (bicyclic) bond motifs is 1. The highest BCUT2D eigenvalue weighted by Crippen LogP contribution is 2.25. The van der Waals surface area contributed by atoms with Crippen molar-refractivity contribution >= 4 is 23.2 Å². The lowest BCUT2D eigenvalue weighted by atomic mass is 10.1. The predicted octanol–water partition coefficient (Wildman–Crippen LogP) is 2.82. The van der Waals surface area contributed by atoms with Gasteiger partial charge in [-0.2, -0.15) is 0 Å². The second-order valence-corrected chi connectivity index (χ2v) is 5.17. The van der Waals surface area contributed by atoms with E-state index in [0.717, 1.165) is 5.69 Å². The first-order valence-electron chi connectivity index (χ1n) is 5.80. The van der Waals surface area contributed by atoms with E-state index >= 15 is 0 Å². The summed E-state index contributed by atoms with van der Waals surface area (Å²) >= 11 is 11.9. The second-order valence-electron chi connectivity index (χ2n) is 4.30. The van der Waals surface area contributed by atoms with Gasteiger partial charge in [0.15, 0.2) is 0 Å². The zero-order valence-corrected chi connectivity index (χ0v) is 11.4. The fraction of sp³-hybridized carbons (Fsp3) is 0.231. The maximum Gasteiger partial charge on any atom is 0.256 e. The smallest absolute Gasteiger partial charge is 0.256 e. The highest BCUT2D eigenvalue weighted by Gasteiger charge is 2.16. The Bertz CT molecular complexity index is 677. The lowest BCUT2D eigenvalue weighted by molar-refractivity contribution is 0.108. The number of ether oxygens (including phenoxy) is 1. The number of hydrogen-bond acceptors (Lipinski definition) is 3. The van der Waals surface area contributed by atoms with Crippen molar-refractivity contribution < 1.29 is 4.74 Å². The molecule has 2 heterocycles. The van der Waals surface area contributed by atoms with Crippen molar-refractivity contribution in [1.82, 2.24) is 9.97 Å². The van der Waals surface area contributed by atoms with Crippen LogP contribution in [0.25, 0.3) is 11.4 Å². The van der Waals surface area contributed by atoms with Gasteiger partial charge in [0, 0.05) is 22.0 Å². The van der Waals surface area contributed by atoms with Gasteiger partial charge in [-0.05, 0) is 18.2 Å². The van der Waals surface area contributed by atoms with Crippen LogP contribution in [0.1, 0.15) is 11.3 Å². The molecule has 98 valence electrons. The lowest BCUT2D eigenvalue weighted by Gasteiger charge is -2.15. The zero-order valence-electron chi connectivity index (χ0n) is 9.87. The van der Waals surface area contributed by atoms with Crippen molar-refractivity contribution in [3.63, 3.8) is 0 Å². The van der Waals surface area contributed by atoms with Crippen molar-refractivity contribution in [2.45, 2.75) is 13.0 Å². The van der Waals surface area contributed by atoms with Crippen LogP contribution in [0.15, 0.2) is 23.0 Å². The molecule has 2 aromatic rings. The first kappa shape index (κ1) is 12.7. The molecule has 0 spiro atoms. The molecule has 4 nitrogen and oxygen atoms in total. The molecular formula is C13H10Cl2N2O2. The molecule has 19 heavy (non-hydrogen) atoms. The van der Waals surface area contributed by atoms with Gasteiger partial charge in [0.1, 0.15) is 5.82 Å². The molecule has 0 aliphatic carbocycles. The Kier molecular flexibility index (Phi) is 3.31. The van der Waals surface area contributed by atoms with E-state index in [-0.39, 0.29) is 5.56 Å². The Morgan fingerprint density at radius 2 is 1.95 bits per heavy atom. The molecule has 1 aromatic heterocycles. The van der Waals surface area contributed by atoms with Gasteiger partial charge >= 0.3 is 0 Å². The van der Waals surface area contributed by atoms with E-state index in [0.29, 0.717) is 46.6 Å². The maximum atomic E-state index is 12.0. The van der Waals surface area contributed by atoms with E-state index in [1.165, 1.54) is 0 Å². The standard InChI is InChI=1S/C13H10Cl2N2O2/c14-8-3-7(4-9(15)5-8)12-16-11-1-2-19-6-10(11)13(18)17-12/h3-5H,1-2,6H2,(H,16,17,18). The topological polar surface area (TPSA) is 55.0 Å². The average molecular weight is 297 g/mol. The molecular weight excluding hydrogens is 287 g/mol. The third-order valence-electron chi connectivity index (χ3n) is 2.97. The summed E-state index contributed by atoms with van der Waals surface area (Å²) in [5.74, 6) is 0.482. The quantitative estimate of drug-likeness (QED) is 0.880. The molecule has 1 N–H and O–H groups in total. The summed E-state index contributed by atoms with van der Waals surface area (Å²) in [6, 6.07) is 5.08. The summed E-state index contributed by atoms with van der Waals surface area (Å²) in [6.07, 6.45) is 0.639. The molecule has 0 saturated carbocycles. The van der Waals surface area contributed by atoms with E-state index in [1.54, 1.807) is 18.2 Å². The minimum atomic E-state index is -0.171. The zero-order chi connectivity index (χ0) is 13.4. The van der Waals surface area contributed by atoms with Gasteiger partial charge in [0.25, 0.3) is 5.56 Å². The third kappa shape index (κ3) is 2.52. The van der Waals surface area contributed by atoms with E-state index in [1.807, 2.05) is 0 Å². The van der Waals surface area contributed by atoms with Crippen molar-refractivity contribution in [3.8, 4) is 11.4 Å². The van der Waals surface area contributed by atoms with Crippen LogP contribution in [0.2, 0.25) is 10.0 Å². The normalized spacial score (nSPS) is 14.2. The van der Waals surface area contributed by atoms with E-state index in [2.05, 4.69) is 9.97 Å². The Balaban J connectivity index is 2.15. The van der Waals surface area contributed by atoms with Gasteiger partial charge in [-0.25, -0.2) is 4.98 Å². The monoisotopic (exact) mass is 296 g/mol. The molecule has 0 radical (unpaired) electrons. The molecule has 0 bridgehead atoms. The number of nitrogens with zero attached hydrogens (tertiary/aromatic N) is 1. The molecule has 1 aliphatic heterocycles. The SMILES string of the molecule is O=c1[nH]c(-c2cc(Cl)cc(Cl)c2)nc2c1COCC2. The van der Waals surface area contributed by atoms with Gasteiger partial charge in [0.05, 0.1) is 24.5 Å². The Labute approximate surface area is 119 Å². The summed E-state index contributed by atoms with van der Waals surface area (Å²) in [7, 11) is 0. The number of H-pyrrole nitrogens is 1. The maximum absolute atomic E-state index is 12.0. The number of nitrogens with one attached hydrogen (secondary N) is 1. The van der Waals surface area contributed by atoms with Gasteiger partial charge in [-0.3, -0.25) is 4.79 Å². The first-order valence-corrected chi connectivity index (χ1v) is 6.55. The molecule has 0 amide bonds. The third-order valence-corrected chi connectivity index (χ3v) is 3.40. The van der Waals surface area contributed by atoms with Crippen LogP contribution >= 0.6 is 23.2 Å². The summed E-state index contributed by atoms with van der Waals surface area (Å²) < 4.78 is 5.26. The number of hydrogen-bond donors (Lipinski definition) is 1.